The smallest absolute Gasteiger partial charge is 0.214 e. The molecule has 0 aromatic heterocycles. The Labute approximate surface area is 178 Å². The van der Waals surface area contributed by atoms with E-state index in [-0.39, 0.29) is 27.9 Å². The third kappa shape index (κ3) is 6.27. The summed E-state index contributed by atoms with van der Waals surface area (Å²) in [4.78, 5) is 0. The predicted octanol–water partition coefficient (Wildman–Crippen LogP) is 7.83. The molecule has 0 bridgehead atoms. The van der Waals surface area contributed by atoms with Crippen molar-refractivity contribution < 1.29 is 17.1 Å². The Morgan fingerprint density at radius 3 is 1.62 bits per heavy atom. The van der Waals surface area contributed by atoms with Crippen LogP contribution >= 0.6 is 15.9 Å². The van der Waals surface area contributed by atoms with Gasteiger partial charge in [0.2, 0.25) is 0 Å². The summed E-state index contributed by atoms with van der Waals surface area (Å²) in [6, 6.07) is 23.4. The first-order valence-electron chi connectivity index (χ1n) is 8.83. The predicted molar refractivity (Wildman–Crippen MR) is 115 cm³/mol. The number of rotatable bonds is 1. The van der Waals surface area contributed by atoms with Gasteiger partial charge in [-0.15, -0.1) is 27.6 Å². The minimum atomic E-state index is 0. The maximum atomic E-state index is 3.65. The Balaban J connectivity index is 0.000000486. The van der Waals surface area contributed by atoms with Crippen LogP contribution in [0.5, 0.6) is 0 Å². The summed E-state index contributed by atoms with van der Waals surface area (Å²) < 4.78 is 1.17. The van der Waals surface area contributed by atoms with E-state index in [1.807, 2.05) is 30.3 Å². The zero-order valence-electron chi connectivity index (χ0n) is 16.6. The number of halogens is 1. The Hall–Kier alpha value is -1.08. The number of benzene rings is 1. The fourth-order valence-corrected chi connectivity index (χ4v) is 3.12. The fourth-order valence-electron chi connectivity index (χ4n) is 2.60. The Kier molecular flexibility index (Phi) is 8.14. The first-order valence-corrected chi connectivity index (χ1v) is 9.62. The Bertz CT molecular complexity index is 731. The van der Waals surface area contributed by atoms with Crippen molar-refractivity contribution in [1.29, 1.82) is 0 Å². The SMILES string of the molecule is CC(C)(C)c1cc(-c2ccc[c-]2Br)cc(C(C)(C)C)c1.[Fe+2].c1cc[cH-]c1. The van der Waals surface area contributed by atoms with Crippen LogP contribution in [0.2, 0.25) is 0 Å². The Morgan fingerprint density at radius 1 is 0.808 bits per heavy atom. The molecule has 2 heteroatoms. The fraction of sp³-hybridized carbons (Fsp3) is 0.333. The van der Waals surface area contributed by atoms with Gasteiger partial charge >= 0.3 is 17.1 Å². The molecule has 26 heavy (non-hydrogen) atoms. The van der Waals surface area contributed by atoms with E-state index in [0.717, 1.165) is 0 Å². The van der Waals surface area contributed by atoms with Crippen molar-refractivity contribution >= 4 is 15.9 Å². The molecule has 0 amide bonds. The summed E-state index contributed by atoms with van der Waals surface area (Å²) in [7, 11) is 0. The quantitative estimate of drug-likeness (QED) is 0.260. The molecule has 0 atom stereocenters. The van der Waals surface area contributed by atoms with Crippen molar-refractivity contribution in [3.05, 3.63) is 82.3 Å². The molecular formula is C24H29BrFe. The van der Waals surface area contributed by atoms with Gasteiger partial charge < -0.3 is 0 Å². The second-order valence-electron chi connectivity index (χ2n) is 8.55. The summed E-state index contributed by atoms with van der Waals surface area (Å²) in [5.74, 6) is 0. The molecule has 3 rings (SSSR count). The van der Waals surface area contributed by atoms with Gasteiger partial charge in [0.15, 0.2) is 0 Å². The van der Waals surface area contributed by atoms with E-state index in [2.05, 4.69) is 93.9 Å². The number of hydrogen-bond acceptors (Lipinski definition) is 0. The van der Waals surface area contributed by atoms with E-state index in [0.29, 0.717) is 0 Å². The minimum absolute atomic E-state index is 0. The minimum Gasteiger partial charge on any atom is -0.214 e. The monoisotopic (exact) mass is 452 g/mol. The van der Waals surface area contributed by atoms with Crippen molar-refractivity contribution in [1.82, 2.24) is 0 Å². The molecule has 0 saturated heterocycles. The van der Waals surface area contributed by atoms with Gasteiger partial charge in [-0.2, -0.15) is 30.3 Å². The molecule has 0 heterocycles. The zero-order valence-corrected chi connectivity index (χ0v) is 19.3. The van der Waals surface area contributed by atoms with Crippen molar-refractivity contribution in [2.45, 2.75) is 52.4 Å². The zero-order chi connectivity index (χ0) is 18.7. The van der Waals surface area contributed by atoms with Crippen LogP contribution in [0.1, 0.15) is 52.7 Å². The van der Waals surface area contributed by atoms with Crippen LogP contribution in [-0.2, 0) is 27.9 Å². The van der Waals surface area contributed by atoms with Crippen molar-refractivity contribution in [3.8, 4) is 11.1 Å². The van der Waals surface area contributed by atoms with E-state index in [1.54, 1.807) is 0 Å². The third-order valence-corrected chi connectivity index (χ3v) is 4.99. The van der Waals surface area contributed by atoms with Crippen LogP contribution in [0, 0.1) is 0 Å². The molecule has 0 N–H and O–H groups in total. The van der Waals surface area contributed by atoms with Gasteiger partial charge in [-0.3, -0.25) is 0 Å². The molecule has 140 valence electrons. The van der Waals surface area contributed by atoms with Gasteiger partial charge in [0.1, 0.15) is 0 Å². The molecule has 3 aromatic carbocycles. The molecule has 0 aliphatic heterocycles. The van der Waals surface area contributed by atoms with Gasteiger partial charge in [-0.25, -0.2) is 12.1 Å². The second kappa shape index (κ2) is 9.22. The van der Waals surface area contributed by atoms with E-state index < -0.39 is 0 Å². The van der Waals surface area contributed by atoms with Crippen LogP contribution in [0.3, 0.4) is 0 Å². The maximum Gasteiger partial charge on any atom is 2.00 e. The van der Waals surface area contributed by atoms with Crippen LogP contribution < -0.4 is 0 Å². The average Bonchev–Trinajstić information content (AvgIpc) is 3.19. The molecule has 0 spiro atoms. The summed E-state index contributed by atoms with van der Waals surface area (Å²) >= 11 is 3.65. The normalized spacial score (nSPS) is 11.3. The van der Waals surface area contributed by atoms with Gasteiger partial charge in [0, 0.05) is 0 Å². The first-order chi connectivity index (χ1) is 11.6. The largest absolute Gasteiger partial charge is 2.00 e. The molecule has 0 fully saturated rings. The third-order valence-electron chi connectivity index (χ3n) is 4.29. The standard InChI is InChI=1S/C19H24Br.C5H5.Fe/c1-18(2,3)14-10-13(16-8-7-9-17(16)20)11-15(12-14)19(4,5)6;1-2-4-5-3-1;/h7-12H,1-6H3;1-5H;/q2*-1;+2. The molecule has 0 nitrogen and oxygen atoms in total. The summed E-state index contributed by atoms with van der Waals surface area (Å²) in [5.41, 5.74) is 5.70. The molecule has 0 aliphatic carbocycles. The van der Waals surface area contributed by atoms with Crippen LogP contribution in [0.4, 0.5) is 0 Å². The van der Waals surface area contributed by atoms with E-state index in [1.165, 1.54) is 26.7 Å². The molecule has 0 aliphatic rings. The average molecular weight is 453 g/mol. The van der Waals surface area contributed by atoms with Crippen molar-refractivity contribution in [3.63, 3.8) is 0 Å². The van der Waals surface area contributed by atoms with E-state index in [4.69, 9.17) is 0 Å². The molecular weight excluding hydrogens is 424 g/mol. The van der Waals surface area contributed by atoms with Crippen LogP contribution in [0.25, 0.3) is 11.1 Å². The van der Waals surface area contributed by atoms with Gasteiger partial charge in [-0.1, -0.05) is 80.9 Å². The van der Waals surface area contributed by atoms with E-state index in [9.17, 15) is 0 Å². The summed E-state index contributed by atoms with van der Waals surface area (Å²) in [6.07, 6.45) is 0. The van der Waals surface area contributed by atoms with Crippen LogP contribution in [-0.4, -0.2) is 0 Å². The Morgan fingerprint density at radius 2 is 1.31 bits per heavy atom. The molecule has 3 aromatic rings. The van der Waals surface area contributed by atoms with Crippen LogP contribution in [0.15, 0.2) is 71.2 Å². The van der Waals surface area contributed by atoms with Gasteiger partial charge in [0.05, 0.1) is 0 Å². The van der Waals surface area contributed by atoms with E-state index >= 15 is 0 Å². The van der Waals surface area contributed by atoms with Crippen molar-refractivity contribution in [2.24, 2.45) is 0 Å². The van der Waals surface area contributed by atoms with Crippen molar-refractivity contribution in [2.75, 3.05) is 0 Å². The molecule has 0 saturated carbocycles. The van der Waals surface area contributed by atoms with Gasteiger partial charge in [0.25, 0.3) is 0 Å². The number of hydrogen-bond donors (Lipinski definition) is 0. The maximum absolute atomic E-state index is 3.65. The van der Waals surface area contributed by atoms with Gasteiger partial charge in [-0.05, 0) is 10.8 Å². The molecule has 0 radical (unpaired) electrons. The molecule has 0 unspecified atom stereocenters. The first kappa shape index (κ1) is 23.0. The second-order valence-corrected chi connectivity index (χ2v) is 9.40. The summed E-state index contributed by atoms with van der Waals surface area (Å²) in [5, 5.41) is 0. The summed E-state index contributed by atoms with van der Waals surface area (Å²) in [6.45, 7) is 13.7. The topological polar surface area (TPSA) is 0 Å².